The molecule has 0 aromatic carbocycles. The summed E-state index contributed by atoms with van der Waals surface area (Å²) in [5.41, 5.74) is 1.80. The summed E-state index contributed by atoms with van der Waals surface area (Å²) < 4.78 is 5.91. The van der Waals surface area contributed by atoms with E-state index in [0.717, 1.165) is 37.1 Å². The number of carbonyl (C=O) groups excluding carboxylic acids is 2. The van der Waals surface area contributed by atoms with Crippen molar-refractivity contribution in [2.75, 3.05) is 13.6 Å². The van der Waals surface area contributed by atoms with E-state index in [2.05, 4.69) is 15.3 Å². The summed E-state index contributed by atoms with van der Waals surface area (Å²) in [4.78, 5) is 34.1. The van der Waals surface area contributed by atoms with Crippen molar-refractivity contribution in [3.63, 3.8) is 0 Å². The molecule has 7 nitrogen and oxygen atoms in total. The number of nitrogens with one attached hydrogen (secondary N) is 1. The van der Waals surface area contributed by atoms with Crippen LogP contribution >= 0.6 is 0 Å². The van der Waals surface area contributed by atoms with Crippen molar-refractivity contribution >= 4 is 11.8 Å². The largest absolute Gasteiger partial charge is 0.460 e. The molecule has 3 rings (SSSR count). The second-order valence-corrected chi connectivity index (χ2v) is 7.21. The van der Waals surface area contributed by atoms with Crippen molar-refractivity contribution in [1.82, 2.24) is 20.2 Å². The SMILES string of the molecule is Cc1cc(C)nc(OC2CCC(NC(=O)[C@@H]3CC(=O)N(C)C3)CC2)n1. The van der Waals surface area contributed by atoms with Gasteiger partial charge in [0.05, 0.1) is 5.92 Å². The molecule has 1 aliphatic carbocycles. The van der Waals surface area contributed by atoms with Gasteiger partial charge in [-0.3, -0.25) is 9.59 Å². The lowest BCUT2D eigenvalue weighted by Gasteiger charge is -2.29. The summed E-state index contributed by atoms with van der Waals surface area (Å²) in [6.07, 6.45) is 3.89. The highest BCUT2D eigenvalue weighted by atomic mass is 16.5. The third-order valence-electron chi connectivity index (χ3n) is 4.97. The number of amides is 2. The van der Waals surface area contributed by atoms with E-state index in [9.17, 15) is 9.59 Å². The van der Waals surface area contributed by atoms with Crippen LogP contribution in [0.1, 0.15) is 43.5 Å². The molecule has 0 bridgehead atoms. The van der Waals surface area contributed by atoms with Gasteiger partial charge in [-0.1, -0.05) is 0 Å². The summed E-state index contributed by atoms with van der Waals surface area (Å²) in [5, 5.41) is 3.10. The van der Waals surface area contributed by atoms with E-state index >= 15 is 0 Å². The molecular formula is C18H26N4O3. The lowest BCUT2D eigenvalue weighted by Crippen LogP contribution is -2.43. The van der Waals surface area contributed by atoms with Crippen LogP contribution in [0.15, 0.2) is 6.07 Å². The van der Waals surface area contributed by atoms with Crippen LogP contribution in [-0.4, -0.2) is 52.4 Å². The molecule has 1 aromatic heterocycles. The second-order valence-electron chi connectivity index (χ2n) is 7.21. The smallest absolute Gasteiger partial charge is 0.317 e. The van der Waals surface area contributed by atoms with Crippen LogP contribution in [0.3, 0.4) is 0 Å². The maximum Gasteiger partial charge on any atom is 0.317 e. The summed E-state index contributed by atoms with van der Waals surface area (Å²) in [5.74, 6) is -0.166. The Morgan fingerprint density at radius 3 is 2.40 bits per heavy atom. The van der Waals surface area contributed by atoms with Crippen LogP contribution in [0.2, 0.25) is 0 Å². The third kappa shape index (κ3) is 4.46. The van der Waals surface area contributed by atoms with Crippen LogP contribution in [0.4, 0.5) is 0 Å². The first-order valence-corrected chi connectivity index (χ1v) is 8.94. The van der Waals surface area contributed by atoms with Crippen molar-refractivity contribution < 1.29 is 14.3 Å². The minimum absolute atomic E-state index is 0.000268. The van der Waals surface area contributed by atoms with Crippen LogP contribution < -0.4 is 10.1 Å². The highest BCUT2D eigenvalue weighted by molar-refractivity contribution is 5.89. The normalized spacial score (nSPS) is 26.6. The molecule has 0 unspecified atom stereocenters. The van der Waals surface area contributed by atoms with E-state index in [-0.39, 0.29) is 29.9 Å². The van der Waals surface area contributed by atoms with Crippen LogP contribution in [0.5, 0.6) is 6.01 Å². The van der Waals surface area contributed by atoms with E-state index in [1.807, 2.05) is 19.9 Å². The van der Waals surface area contributed by atoms with Gasteiger partial charge in [0.2, 0.25) is 11.8 Å². The molecule has 136 valence electrons. The number of nitrogens with zero attached hydrogens (tertiary/aromatic N) is 3. The van der Waals surface area contributed by atoms with Gasteiger partial charge in [-0.25, -0.2) is 9.97 Å². The molecule has 1 saturated carbocycles. The highest BCUT2D eigenvalue weighted by Gasteiger charge is 2.33. The number of ether oxygens (including phenoxy) is 1. The zero-order valence-corrected chi connectivity index (χ0v) is 15.1. The van der Waals surface area contributed by atoms with Gasteiger partial charge in [-0.2, -0.15) is 0 Å². The fourth-order valence-electron chi connectivity index (χ4n) is 3.58. The number of rotatable bonds is 4. The Morgan fingerprint density at radius 1 is 1.20 bits per heavy atom. The van der Waals surface area contributed by atoms with Crippen molar-refractivity contribution in [3.05, 3.63) is 17.5 Å². The minimum Gasteiger partial charge on any atom is -0.460 e. The lowest BCUT2D eigenvalue weighted by atomic mass is 9.92. The Hall–Kier alpha value is -2.18. The number of hydrogen-bond donors (Lipinski definition) is 1. The predicted molar refractivity (Wildman–Crippen MR) is 92.1 cm³/mol. The van der Waals surface area contributed by atoms with Gasteiger partial charge in [0.25, 0.3) is 0 Å². The molecule has 1 saturated heterocycles. The maximum atomic E-state index is 12.3. The molecule has 0 spiro atoms. The Bertz CT molecular complexity index is 635. The van der Waals surface area contributed by atoms with Gasteiger partial charge in [-0.05, 0) is 45.6 Å². The summed E-state index contributed by atoms with van der Waals surface area (Å²) in [6.45, 7) is 4.38. The van der Waals surface area contributed by atoms with Gasteiger partial charge in [0, 0.05) is 37.4 Å². The van der Waals surface area contributed by atoms with E-state index in [4.69, 9.17) is 4.74 Å². The molecule has 1 atom stereocenters. The maximum absolute atomic E-state index is 12.3. The zero-order chi connectivity index (χ0) is 18.0. The standard InChI is InChI=1S/C18H26N4O3/c1-11-8-12(2)20-18(19-11)25-15-6-4-14(5-7-15)21-17(24)13-9-16(23)22(3)10-13/h8,13-15H,4-7,9-10H2,1-3H3,(H,21,24)/t13-,14?,15?/m1/s1. The fourth-order valence-corrected chi connectivity index (χ4v) is 3.58. The Labute approximate surface area is 148 Å². The third-order valence-corrected chi connectivity index (χ3v) is 4.97. The molecule has 2 aliphatic rings. The van der Waals surface area contributed by atoms with Gasteiger partial charge in [0.15, 0.2) is 0 Å². The summed E-state index contributed by atoms with van der Waals surface area (Å²) in [7, 11) is 1.74. The van der Waals surface area contributed by atoms with E-state index in [1.54, 1.807) is 11.9 Å². The first kappa shape index (κ1) is 17.6. The topological polar surface area (TPSA) is 84.4 Å². The quantitative estimate of drug-likeness (QED) is 0.890. The van der Waals surface area contributed by atoms with Crippen molar-refractivity contribution in [2.24, 2.45) is 5.92 Å². The van der Waals surface area contributed by atoms with Crippen LogP contribution in [-0.2, 0) is 9.59 Å². The number of carbonyl (C=O) groups is 2. The van der Waals surface area contributed by atoms with Crippen molar-refractivity contribution in [3.8, 4) is 6.01 Å². The molecule has 2 fully saturated rings. The Morgan fingerprint density at radius 2 is 1.84 bits per heavy atom. The zero-order valence-electron chi connectivity index (χ0n) is 15.1. The lowest BCUT2D eigenvalue weighted by molar-refractivity contribution is -0.128. The molecule has 25 heavy (non-hydrogen) atoms. The van der Waals surface area contributed by atoms with Crippen molar-refractivity contribution in [2.45, 2.75) is 58.1 Å². The van der Waals surface area contributed by atoms with Crippen molar-refractivity contribution in [1.29, 1.82) is 0 Å². The van der Waals surface area contributed by atoms with Gasteiger partial charge >= 0.3 is 6.01 Å². The molecule has 7 heteroatoms. The van der Waals surface area contributed by atoms with E-state index < -0.39 is 0 Å². The van der Waals surface area contributed by atoms with E-state index in [0.29, 0.717) is 19.0 Å². The average Bonchev–Trinajstić information content (AvgIpc) is 2.88. The fraction of sp³-hybridized carbons (Fsp3) is 0.667. The summed E-state index contributed by atoms with van der Waals surface area (Å²) >= 11 is 0. The number of likely N-dealkylation sites (tertiary alicyclic amines) is 1. The van der Waals surface area contributed by atoms with Gasteiger partial charge < -0.3 is 15.0 Å². The minimum atomic E-state index is -0.213. The molecule has 1 N–H and O–H groups in total. The second kappa shape index (κ2) is 7.37. The molecule has 0 radical (unpaired) electrons. The molecular weight excluding hydrogens is 320 g/mol. The van der Waals surface area contributed by atoms with Crippen LogP contribution in [0, 0.1) is 19.8 Å². The van der Waals surface area contributed by atoms with Gasteiger partial charge in [-0.15, -0.1) is 0 Å². The molecule has 1 aliphatic heterocycles. The number of aromatic nitrogens is 2. The van der Waals surface area contributed by atoms with Crippen LogP contribution in [0.25, 0.3) is 0 Å². The molecule has 2 amide bonds. The monoisotopic (exact) mass is 346 g/mol. The average molecular weight is 346 g/mol. The van der Waals surface area contributed by atoms with Gasteiger partial charge in [0.1, 0.15) is 6.10 Å². The molecule has 2 heterocycles. The first-order valence-electron chi connectivity index (χ1n) is 8.94. The number of hydrogen-bond acceptors (Lipinski definition) is 5. The predicted octanol–water partition coefficient (Wildman–Crippen LogP) is 1.38. The number of aryl methyl sites for hydroxylation is 2. The molecule has 1 aromatic rings. The highest BCUT2D eigenvalue weighted by Crippen LogP contribution is 2.24. The first-order chi connectivity index (χ1) is 11.9. The Balaban J connectivity index is 1.45. The Kier molecular flexibility index (Phi) is 5.20. The van der Waals surface area contributed by atoms with E-state index in [1.165, 1.54) is 0 Å². The summed E-state index contributed by atoms with van der Waals surface area (Å²) in [6, 6.07) is 2.52.